The highest BCUT2D eigenvalue weighted by Gasteiger charge is 2.13. The molecule has 2 heteroatoms. The van der Waals surface area contributed by atoms with Gasteiger partial charge < -0.3 is 4.74 Å². The van der Waals surface area contributed by atoms with Gasteiger partial charge in [0.1, 0.15) is 5.76 Å². The topological polar surface area (TPSA) is 26.3 Å². The van der Waals surface area contributed by atoms with Crippen LogP contribution >= 0.6 is 0 Å². The van der Waals surface area contributed by atoms with E-state index in [9.17, 15) is 4.79 Å². The summed E-state index contributed by atoms with van der Waals surface area (Å²) >= 11 is 0. The van der Waals surface area contributed by atoms with E-state index in [1.54, 1.807) is 0 Å². The molecule has 0 heterocycles. The Kier molecular flexibility index (Phi) is 2.58. The van der Waals surface area contributed by atoms with Crippen molar-refractivity contribution in [2.24, 2.45) is 0 Å². The van der Waals surface area contributed by atoms with Crippen LogP contribution in [-0.2, 0) is 16.0 Å². The van der Waals surface area contributed by atoms with Crippen molar-refractivity contribution in [2.75, 3.05) is 0 Å². The normalized spacial score (nSPS) is 14.8. The average molecular weight is 274 g/mol. The van der Waals surface area contributed by atoms with Gasteiger partial charge in [0.25, 0.3) is 0 Å². The number of allylic oxidation sites excluding steroid dienone is 3. The molecule has 102 valence electrons. The molecule has 2 nitrogen and oxygen atoms in total. The van der Waals surface area contributed by atoms with Crippen molar-refractivity contribution in [3.05, 3.63) is 63.7 Å². The Morgan fingerprint density at radius 2 is 1.86 bits per heavy atom. The first-order valence-corrected chi connectivity index (χ1v) is 7.06. The first-order valence-electron chi connectivity index (χ1n) is 7.06. The highest BCUT2D eigenvalue weighted by molar-refractivity contribution is 5.96. The molecule has 2 aliphatic carbocycles. The smallest absolute Gasteiger partial charge is 0.308 e. The maximum absolute atomic E-state index is 11.1. The lowest BCUT2D eigenvalue weighted by Crippen LogP contribution is -2.12. The molecule has 0 unspecified atom stereocenters. The molecule has 2 aromatic carbocycles. The average Bonchev–Trinajstić information content (AvgIpc) is 2.88. The molecule has 0 N–H and O–H groups in total. The van der Waals surface area contributed by atoms with Gasteiger partial charge in [-0.3, -0.25) is 4.79 Å². The number of fused-ring (bicyclic) bond motifs is 5. The van der Waals surface area contributed by atoms with Crippen LogP contribution in [0.1, 0.15) is 18.1 Å². The molecule has 0 saturated carbocycles. The SMILES string of the molecule is CC(=O)OC1=Cc2c(ccc3c4c(ccc23)=CC=CC4)=C1. The molecule has 0 spiro atoms. The van der Waals surface area contributed by atoms with Crippen LogP contribution in [0.4, 0.5) is 0 Å². The summed E-state index contributed by atoms with van der Waals surface area (Å²) in [5.41, 5.74) is 2.51. The fourth-order valence-corrected chi connectivity index (χ4v) is 3.12. The van der Waals surface area contributed by atoms with E-state index in [1.165, 1.54) is 28.5 Å². The van der Waals surface area contributed by atoms with E-state index >= 15 is 0 Å². The molecule has 0 amide bonds. The molecule has 0 aliphatic heterocycles. The standard InChI is InChI=1S/C19H14O2/c1-12(20)21-15-10-14-7-9-17-16-5-3-2-4-13(16)6-8-18(17)19(14)11-15/h2-4,6-11H,5H2,1H3. The molecule has 0 bridgehead atoms. The molecule has 0 radical (unpaired) electrons. The second kappa shape index (κ2) is 4.45. The Hall–Kier alpha value is -2.61. The quantitative estimate of drug-likeness (QED) is 0.747. The zero-order valence-electron chi connectivity index (χ0n) is 11.7. The predicted molar refractivity (Wildman–Crippen MR) is 84.7 cm³/mol. The molecule has 4 rings (SSSR count). The van der Waals surface area contributed by atoms with Crippen molar-refractivity contribution in [2.45, 2.75) is 13.3 Å². The minimum Gasteiger partial charge on any atom is -0.427 e. The lowest BCUT2D eigenvalue weighted by molar-refractivity contribution is -0.136. The third-order valence-electron chi connectivity index (χ3n) is 4.00. The number of hydrogen-bond acceptors (Lipinski definition) is 2. The Morgan fingerprint density at radius 3 is 2.71 bits per heavy atom. The minimum absolute atomic E-state index is 0.285. The van der Waals surface area contributed by atoms with Crippen LogP contribution < -0.4 is 10.4 Å². The Bertz CT molecular complexity index is 959. The molecular formula is C19H14O2. The van der Waals surface area contributed by atoms with Gasteiger partial charge in [0.05, 0.1) is 0 Å². The molecule has 0 fully saturated rings. The van der Waals surface area contributed by atoms with E-state index in [4.69, 9.17) is 4.74 Å². The third-order valence-corrected chi connectivity index (χ3v) is 4.00. The molecule has 0 atom stereocenters. The van der Waals surface area contributed by atoms with E-state index in [0.717, 1.165) is 17.2 Å². The number of hydrogen-bond donors (Lipinski definition) is 0. The Balaban J connectivity index is 1.97. The van der Waals surface area contributed by atoms with Crippen LogP contribution in [-0.4, -0.2) is 5.97 Å². The zero-order valence-corrected chi connectivity index (χ0v) is 11.7. The van der Waals surface area contributed by atoms with Gasteiger partial charge >= 0.3 is 5.97 Å². The number of carbonyl (C=O) groups is 1. The van der Waals surface area contributed by atoms with Crippen molar-refractivity contribution in [1.29, 1.82) is 0 Å². The summed E-state index contributed by atoms with van der Waals surface area (Å²) in [6.45, 7) is 1.42. The van der Waals surface area contributed by atoms with E-state index in [1.807, 2.05) is 12.2 Å². The van der Waals surface area contributed by atoms with Crippen molar-refractivity contribution in [1.82, 2.24) is 0 Å². The predicted octanol–water partition coefficient (Wildman–Crippen LogP) is 2.43. The van der Waals surface area contributed by atoms with E-state index < -0.39 is 0 Å². The highest BCUT2D eigenvalue weighted by atomic mass is 16.5. The molecule has 0 aromatic heterocycles. The fraction of sp³-hybridized carbons (Fsp3) is 0.105. The first kappa shape index (κ1) is 12.2. The van der Waals surface area contributed by atoms with Crippen LogP contribution in [0.2, 0.25) is 0 Å². The van der Waals surface area contributed by atoms with Gasteiger partial charge in [-0.25, -0.2) is 0 Å². The number of carbonyl (C=O) groups excluding carboxylic acids is 1. The largest absolute Gasteiger partial charge is 0.427 e. The van der Waals surface area contributed by atoms with Crippen LogP contribution in [0, 0.1) is 0 Å². The highest BCUT2D eigenvalue weighted by Crippen LogP contribution is 2.24. The van der Waals surface area contributed by atoms with E-state index in [2.05, 4.69) is 42.5 Å². The summed E-state index contributed by atoms with van der Waals surface area (Å²) in [5.74, 6) is 0.334. The van der Waals surface area contributed by atoms with Gasteiger partial charge in [0.2, 0.25) is 0 Å². The lowest BCUT2D eigenvalue weighted by atomic mass is 9.94. The van der Waals surface area contributed by atoms with Crippen molar-refractivity contribution >= 4 is 35.0 Å². The number of esters is 1. The number of rotatable bonds is 1. The zero-order chi connectivity index (χ0) is 14.4. The molecule has 2 aliphatic rings. The van der Waals surface area contributed by atoms with Crippen LogP contribution in [0.15, 0.2) is 42.2 Å². The second-order valence-corrected chi connectivity index (χ2v) is 5.38. The number of benzene rings is 2. The maximum Gasteiger partial charge on any atom is 0.308 e. The van der Waals surface area contributed by atoms with E-state index in [0.29, 0.717) is 5.76 Å². The van der Waals surface area contributed by atoms with Crippen LogP contribution in [0.3, 0.4) is 0 Å². The van der Waals surface area contributed by atoms with Gasteiger partial charge in [0, 0.05) is 6.92 Å². The van der Waals surface area contributed by atoms with Gasteiger partial charge in [0.15, 0.2) is 0 Å². The van der Waals surface area contributed by atoms with Gasteiger partial charge in [-0.2, -0.15) is 0 Å². The third kappa shape index (κ3) is 1.91. The van der Waals surface area contributed by atoms with Crippen molar-refractivity contribution in [3.8, 4) is 0 Å². The fourth-order valence-electron chi connectivity index (χ4n) is 3.12. The van der Waals surface area contributed by atoms with Gasteiger partial charge in [-0.05, 0) is 50.9 Å². The molecular weight excluding hydrogens is 260 g/mol. The van der Waals surface area contributed by atoms with Gasteiger partial charge in [-0.15, -0.1) is 0 Å². The van der Waals surface area contributed by atoms with Crippen molar-refractivity contribution < 1.29 is 9.53 Å². The van der Waals surface area contributed by atoms with Crippen LogP contribution in [0.5, 0.6) is 0 Å². The first-order chi connectivity index (χ1) is 10.2. The summed E-state index contributed by atoms with van der Waals surface area (Å²) in [6, 6.07) is 8.59. The summed E-state index contributed by atoms with van der Waals surface area (Å²) < 4.78 is 5.20. The molecule has 2 aromatic rings. The van der Waals surface area contributed by atoms with Crippen LogP contribution in [0.25, 0.3) is 29.0 Å². The second-order valence-electron chi connectivity index (χ2n) is 5.38. The number of ether oxygens (including phenoxy) is 1. The summed E-state index contributed by atoms with van der Waals surface area (Å²) in [4.78, 5) is 11.1. The monoisotopic (exact) mass is 274 g/mol. The summed E-state index contributed by atoms with van der Waals surface area (Å²) in [6.07, 6.45) is 11.3. The minimum atomic E-state index is -0.285. The molecule has 0 saturated heterocycles. The van der Waals surface area contributed by atoms with Gasteiger partial charge in [-0.1, -0.05) is 42.5 Å². The molecule has 21 heavy (non-hydrogen) atoms. The summed E-state index contributed by atoms with van der Waals surface area (Å²) in [5, 5.41) is 4.89. The van der Waals surface area contributed by atoms with Crippen molar-refractivity contribution in [3.63, 3.8) is 0 Å². The lowest BCUT2D eigenvalue weighted by Gasteiger charge is -2.10. The Labute approximate surface area is 122 Å². The maximum atomic E-state index is 11.1. The Morgan fingerprint density at radius 1 is 1.05 bits per heavy atom. The summed E-state index contributed by atoms with van der Waals surface area (Å²) in [7, 11) is 0. The van der Waals surface area contributed by atoms with E-state index in [-0.39, 0.29) is 5.97 Å².